The van der Waals surface area contributed by atoms with Crippen molar-refractivity contribution in [2.75, 3.05) is 13.2 Å². The van der Waals surface area contributed by atoms with Crippen LogP contribution in [-0.2, 0) is 14.3 Å². The molecule has 0 aromatic rings. The fourth-order valence-electron chi connectivity index (χ4n) is 3.19. The first kappa shape index (κ1) is 15.1. The molecule has 6 heteroatoms. The second-order valence-corrected chi connectivity index (χ2v) is 7.02. The zero-order chi connectivity index (χ0) is 15.0. The van der Waals surface area contributed by atoms with Gasteiger partial charge >= 0.3 is 12.1 Å². The van der Waals surface area contributed by atoms with Crippen molar-refractivity contribution < 1.29 is 24.2 Å². The van der Waals surface area contributed by atoms with Crippen LogP contribution in [0.3, 0.4) is 0 Å². The van der Waals surface area contributed by atoms with Crippen LogP contribution in [0.15, 0.2) is 0 Å². The first-order valence-electron chi connectivity index (χ1n) is 6.99. The number of nitrogens with one attached hydrogen (secondary N) is 1. The molecule has 1 aliphatic heterocycles. The second-order valence-electron chi connectivity index (χ2n) is 7.02. The number of aliphatic carboxylic acids is 1. The molecule has 114 valence electrons. The average Bonchev–Trinajstić information content (AvgIpc) is 2.25. The topological polar surface area (TPSA) is 84.9 Å². The van der Waals surface area contributed by atoms with Crippen molar-refractivity contribution in [2.24, 2.45) is 5.41 Å². The second kappa shape index (κ2) is 4.91. The maximum absolute atomic E-state index is 12.0. The van der Waals surface area contributed by atoms with Crippen molar-refractivity contribution in [1.82, 2.24) is 5.32 Å². The van der Waals surface area contributed by atoms with E-state index in [1.54, 1.807) is 20.8 Å². The van der Waals surface area contributed by atoms with E-state index in [2.05, 4.69) is 5.32 Å². The number of alkyl carbamates (subject to hydrolysis) is 1. The summed E-state index contributed by atoms with van der Waals surface area (Å²) in [6.45, 7) is 5.96. The quantitative estimate of drug-likeness (QED) is 0.809. The Bertz CT molecular complexity index is 402. The molecule has 6 nitrogen and oxygen atoms in total. The number of fused-ring (bicyclic) bond motifs is 2. The van der Waals surface area contributed by atoms with Gasteiger partial charge in [0.15, 0.2) is 0 Å². The predicted octanol–water partition coefficient (Wildman–Crippen LogP) is 1.93. The van der Waals surface area contributed by atoms with Crippen molar-refractivity contribution in [2.45, 2.75) is 57.6 Å². The zero-order valence-electron chi connectivity index (χ0n) is 12.3. The molecule has 2 bridgehead atoms. The van der Waals surface area contributed by atoms with Crippen molar-refractivity contribution in [1.29, 1.82) is 0 Å². The van der Waals surface area contributed by atoms with E-state index in [0.29, 0.717) is 19.4 Å². The van der Waals surface area contributed by atoms with Gasteiger partial charge in [0, 0.05) is 0 Å². The monoisotopic (exact) mass is 285 g/mol. The van der Waals surface area contributed by atoms with Gasteiger partial charge in [-0.2, -0.15) is 0 Å². The van der Waals surface area contributed by atoms with E-state index in [9.17, 15) is 14.7 Å². The third kappa shape index (κ3) is 3.06. The first-order valence-corrected chi connectivity index (χ1v) is 6.99. The molecule has 2 unspecified atom stereocenters. The lowest BCUT2D eigenvalue weighted by Gasteiger charge is -2.49. The summed E-state index contributed by atoms with van der Waals surface area (Å²) in [6.07, 6.45) is 1.99. The molecule has 2 atom stereocenters. The average molecular weight is 285 g/mol. The molecule has 2 fully saturated rings. The molecule has 2 rings (SSSR count). The summed E-state index contributed by atoms with van der Waals surface area (Å²) in [5.41, 5.74) is -2.06. The van der Waals surface area contributed by atoms with E-state index in [1.807, 2.05) is 0 Å². The van der Waals surface area contributed by atoms with Crippen molar-refractivity contribution in [3.8, 4) is 0 Å². The summed E-state index contributed by atoms with van der Waals surface area (Å²) in [6, 6.07) is 0. The summed E-state index contributed by atoms with van der Waals surface area (Å²) < 4.78 is 10.8. The highest BCUT2D eigenvalue weighted by Crippen LogP contribution is 2.45. The van der Waals surface area contributed by atoms with Crippen LogP contribution in [0, 0.1) is 5.41 Å². The van der Waals surface area contributed by atoms with Crippen LogP contribution in [0.5, 0.6) is 0 Å². The Hall–Kier alpha value is -1.30. The number of carbonyl (C=O) groups excluding carboxylic acids is 1. The van der Waals surface area contributed by atoms with Gasteiger partial charge in [-0.05, 0) is 46.5 Å². The molecule has 1 aliphatic carbocycles. The minimum absolute atomic E-state index is 0.222. The van der Waals surface area contributed by atoms with Gasteiger partial charge in [-0.3, -0.25) is 4.79 Å². The molecule has 0 aromatic heterocycles. The number of carbonyl (C=O) groups is 2. The molecule has 0 aromatic carbocycles. The lowest BCUT2D eigenvalue weighted by Crippen LogP contribution is -2.63. The smallest absolute Gasteiger partial charge is 0.408 e. The van der Waals surface area contributed by atoms with Gasteiger partial charge in [-0.25, -0.2) is 4.79 Å². The minimum atomic E-state index is -0.870. The summed E-state index contributed by atoms with van der Waals surface area (Å²) in [5, 5.41) is 12.3. The van der Waals surface area contributed by atoms with Crippen LogP contribution in [0.1, 0.15) is 46.5 Å². The predicted molar refractivity (Wildman–Crippen MR) is 71.5 cm³/mol. The number of amides is 1. The number of hydrogen-bond acceptors (Lipinski definition) is 4. The van der Waals surface area contributed by atoms with E-state index in [-0.39, 0.29) is 6.61 Å². The Morgan fingerprint density at radius 3 is 2.55 bits per heavy atom. The first-order chi connectivity index (χ1) is 9.17. The molecular weight excluding hydrogens is 262 g/mol. The van der Waals surface area contributed by atoms with Crippen LogP contribution in [0.2, 0.25) is 0 Å². The third-order valence-electron chi connectivity index (χ3n) is 3.96. The normalized spacial score (nSPS) is 33.4. The summed E-state index contributed by atoms with van der Waals surface area (Å²) in [5.74, 6) is -0.840. The Kier molecular flexibility index (Phi) is 3.71. The largest absolute Gasteiger partial charge is 0.481 e. The van der Waals surface area contributed by atoms with Gasteiger partial charge in [0.1, 0.15) is 5.60 Å². The lowest BCUT2D eigenvalue weighted by molar-refractivity contribution is -0.169. The van der Waals surface area contributed by atoms with Crippen LogP contribution in [-0.4, -0.2) is 41.5 Å². The van der Waals surface area contributed by atoms with Gasteiger partial charge < -0.3 is 19.9 Å². The van der Waals surface area contributed by atoms with Gasteiger partial charge in [-0.15, -0.1) is 0 Å². The Labute approximate surface area is 118 Å². The Balaban J connectivity index is 2.10. The van der Waals surface area contributed by atoms with Gasteiger partial charge in [0.05, 0.1) is 24.2 Å². The van der Waals surface area contributed by atoms with Crippen molar-refractivity contribution >= 4 is 12.1 Å². The maximum atomic E-state index is 12.0. The number of carboxylic acid groups (broad SMARTS) is 1. The maximum Gasteiger partial charge on any atom is 0.408 e. The SMILES string of the molecule is CC(C)(C)OC(=O)NC12CCCC(C(=O)O)(COC1)C2. The summed E-state index contributed by atoms with van der Waals surface area (Å²) in [7, 11) is 0. The molecule has 1 saturated carbocycles. The number of hydrogen-bond donors (Lipinski definition) is 2. The lowest BCUT2D eigenvalue weighted by atomic mass is 9.65. The molecule has 0 spiro atoms. The highest BCUT2D eigenvalue weighted by Gasteiger charge is 2.54. The molecular formula is C14H23NO5. The van der Waals surface area contributed by atoms with Gasteiger partial charge in [0.25, 0.3) is 0 Å². The number of rotatable bonds is 2. The molecule has 1 amide bonds. The third-order valence-corrected chi connectivity index (χ3v) is 3.96. The molecule has 1 heterocycles. The fourth-order valence-corrected chi connectivity index (χ4v) is 3.19. The molecule has 20 heavy (non-hydrogen) atoms. The fraction of sp³-hybridized carbons (Fsp3) is 0.857. The van der Waals surface area contributed by atoms with Crippen LogP contribution < -0.4 is 5.32 Å². The van der Waals surface area contributed by atoms with Crippen LogP contribution in [0.25, 0.3) is 0 Å². The standard InChI is InChI=1S/C14H23NO5/c1-12(2,3)20-11(18)15-14-6-4-5-13(7-14,10(16)17)8-19-9-14/h4-9H2,1-3H3,(H,15,18)(H,16,17). The molecule has 2 aliphatic rings. The van der Waals surface area contributed by atoms with Crippen LogP contribution >= 0.6 is 0 Å². The highest BCUT2D eigenvalue weighted by atomic mass is 16.6. The molecule has 1 saturated heterocycles. The van der Waals surface area contributed by atoms with Crippen molar-refractivity contribution in [3.05, 3.63) is 0 Å². The van der Waals surface area contributed by atoms with E-state index in [4.69, 9.17) is 9.47 Å². The Morgan fingerprint density at radius 2 is 1.95 bits per heavy atom. The van der Waals surface area contributed by atoms with Gasteiger partial charge in [-0.1, -0.05) is 0 Å². The molecule has 2 N–H and O–H groups in total. The number of ether oxygens (including phenoxy) is 2. The van der Waals surface area contributed by atoms with E-state index < -0.39 is 28.6 Å². The highest BCUT2D eigenvalue weighted by molar-refractivity contribution is 5.76. The molecule has 0 radical (unpaired) electrons. The van der Waals surface area contributed by atoms with E-state index in [1.165, 1.54) is 0 Å². The van der Waals surface area contributed by atoms with Crippen molar-refractivity contribution in [3.63, 3.8) is 0 Å². The summed E-state index contributed by atoms with van der Waals surface area (Å²) >= 11 is 0. The Morgan fingerprint density at radius 1 is 1.25 bits per heavy atom. The van der Waals surface area contributed by atoms with Crippen LogP contribution in [0.4, 0.5) is 4.79 Å². The zero-order valence-corrected chi connectivity index (χ0v) is 12.3. The van der Waals surface area contributed by atoms with E-state index >= 15 is 0 Å². The van der Waals surface area contributed by atoms with E-state index in [0.717, 1.165) is 12.8 Å². The van der Waals surface area contributed by atoms with Gasteiger partial charge in [0.2, 0.25) is 0 Å². The number of carboxylic acids is 1. The minimum Gasteiger partial charge on any atom is -0.481 e. The summed E-state index contributed by atoms with van der Waals surface area (Å²) in [4.78, 5) is 23.5.